The predicted octanol–water partition coefficient (Wildman–Crippen LogP) is 4.26. The van der Waals surface area contributed by atoms with E-state index in [1.54, 1.807) is 6.07 Å². The zero-order chi connectivity index (χ0) is 15.6. The van der Waals surface area contributed by atoms with Crippen molar-refractivity contribution < 1.29 is 10.2 Å². The van der Waals surface area contributed by atoms with E-state index in [1.165, 1.54) is 5.56 Å². The first kappa shape index (κ1) is 15.6. The Hall–Kier alpha value is -1.80. The molecule has 0 aromatic heterocycles. The summed E-state index contributed by atoms with van der Waals surface area (Å²) in [6, 6.07) is 12.1. The summed E-state index contributed by atoms with van der Waals surface area (Å²) in [6.45, 7) is 8.25. The van der Waals surface area contributed by atoms with Crippen LogP contribution in [-0.2, 0) is 0 Å². The quantitative estimate of drug-likeness (QED) is 0.881. The summed E-state index contributed by atoms with van der Waals surface area (Å²) in [5.41, 5.74) is 5.17. The molecule has 112 valence electrons. The Morgan fingerprint density at radius 1 is 0.952 bits per heavy atom. The molecule has 1 atom stereocenters. The minimum atomic E-state index is -0.188. The van der Waals surface area contributed by atoms with Crippen molar-refractivity contribution in [2.45, 2.75) is 39.5 Å². The van der Waals surface area contributed by atoms with Gasteiger partial charge in [0.1, 0.15) is 5.75 Å². The highest BCUT2D eigenvalue weighted by Crippen LogP contribution is 2.35. The molecule has 0 aliphatic carbocycles. The standard InChI is InChI=1S/C19H24O2/c1-12(2)15-5-7-16(8-6-15)17(11-20)19-14(4)9-13(3)10-18(19)21/h5-10,12,17,20-21H,11H2,1-4H3/t17-/m0/s1. The van der Waals surface area contributed by atoms with Crippen LogP contribution in [0.2, 0.25) is 0 Å². The first-order chi connectivity index (χ1) is 9.93. The second-order valence-corrected chi connectivity index (χ2v) is 6.07. The van der Waals surface area contributed by atoms with Crippen molar-refractivity contribution in [1.29, 1.82) is 0 Å². The van der Waals surface area contributed by atoms with Crippen LogP contribution in [0.1, 0.15) is 53.5 Å². The zero-order valence-corrected chi connectivity index (χ0v) is 13.2. The van der Waals surface area contributed by atoms with Gasteiger partial charge in [-0.15, -0.1) is 0 Å². The molecule has 2 N–H and O–H groups in total. The molecule has 0 unspecified atom stereocenters. The number of hydrogen-bond donors (Lipinski definition) is 2. The molecular formula is C19H24O2. The predicted molar refractivity (Wildman–Crippen MR) is 87.0 cm³/mol. The molecule has 2 heteroatoms. The van der Waals surface area contributed by atoms with Crippen LogP contribution in [0.5, 0.6) is 5.75 Å². The van der Waals surface area contributed by atoms with Gasteiger partial charge in [-0.2, -0.15) is 0 Å². The molecule has 0 radical (unpaired) electrons. The molecule has 2 aromatic rings. The van der Waals surface area contributed by atoms with Gasteiger partial charge in [-0.3, -0.25) is 0 Å². The summed E-state index contributed by atoms with van der Waals surface area (Å²) in [5.74, 6) is 0.562. The monoisotopic (exact) mass is 284 g/mol. The van der Waals surface area contributed by atoms with Crippen LogP contribution in [0.4, 0.5) is 0 Å². The third kappa shape index (κ3) is 3.27. The lowest BCUT2D eigenvalue weighted by molar-refractivity contribution is 0.277. The highest BCUT2D eigenvalue weighted by atomic mass is 16.3. The zero-order valence-electron chi connectivity index (χ0n) is 13.2. The summed E-state index contributed by atoms with van der Waals surface area (Å²) in [7, 11) is 0. The fraction of sp³-hybridized carbons (Fsp3) is 0.368. The van der Waals surface area contributed by atoms with Crippen LogP contribution in [0, 0.1) is 13.8 Å². The van der Waals surface area contributed by atoms with E-state index in [2.05, 4.69) is 38.1 Å². The molecule has 0 saturated heterocycles. The molecule has 0 saturated carbocycles. The van der Waals surface area contributed by atoms with Crippen LogP contribution in [0.25, 0.3) is 0 Å². The van der Waals surface area contributed by atoms with E-state index in [4.69, 9.17) is 0 Å². The highest BCUT2D eigenvalue weighted by molar-refractivity contribution is 5.48. The summed E-state index contributed by atoms with van der Waals surface area (Å²) in [6.07, 6.45) is 0. The minimum absolute atomic E-state index is 0.0154. The molecule has 2 rings (SSSR count). The smallest absolute Gasteiger partial charge is 0.120 e. The molecule has 0 aliphatic rings. The number of rotatable bonds is 4. The number of aromatic hydroxyl groups is 1. The first-order valence-electron chi connectivity index (χ1n) is 7.44. The molecule has 0 heterocycles. The topological polar surface area (TPSA) is 40.5 Å². The average Bonchev–Trinajstić information content (AvgIpc) is 2.42. The maximum absolute atomic E-state index is 10.3. The van der Waals surface area contributed by atoms with E-state index < -0.39 is 0 Å². The van der Waals surface area contributed by atoms with Crippen LogP contribution in [0.15, 0.2) is 36.4 Å². The third-order valence-corrected chi connectivity index (χ3v) is 4.05. The SMILES string of the molecule is Cc1cc(C)c([C@@H](CO)c2ccc(C(C)C)cc2)c(O)c1. The molecule has 0 spiro atoms. The van der Waals surface area contributed by atoms with Gasteiger partial charge in [-0.05, 0) is 48.1 Å². The Morgan fingerprint density at radius 3 is 2.00 bits per heavy atom. The van der Waals surface area contributed by atoms with Gasteiger partial charge in [0.25, 0.3) is 0 Å². The highest BCUT2D eigenvalue weighted by Gasteiger charge is 2.19. The summed E-state index contributed by atoms with van der Waals surface area (Å²) >= 11 is 0. The second-order valence-electron chi connectivity index (χ2n) is 6.07. The van der Waals surface area contributed by atoms with Crippen LogP contribution in [-0.4, -0.2) is 16.8 Å². The Morgan fingerprint density at radius 2 is 1.52 bits per heavy atom. The van der Waals surface area contributed by atoms with Crippen molar-refractivity contribution in [3.05, 3.63) is 64.2 Å². The van der Waals surface area contributed by atoms with Gasteiger partial charge in [0, 0.05) is 11.5 Å². The Kier molecular flexibility index (Phi) is 4.69. The lowest BCUT2D eigenvalue weighted by atomic mass is 9.86. The molecule has 2 nitrogen and oxygen atoms in total. The van der Waals surface area contributed by atoms with Crippen molar-refractivity contribution in [2.24, 2.45) is 0 Å². The van der Waals surface area contributed by atoms with Gasteiger partial charge in [0.05, 0.1) is 6.61 Å². The summed E-state index contributed by atoms with van der Waals surface area (Å²) < 4.78 is 0. The second kappa shape index (κ2) is 6.31. The van der Waals surface area contributed by atoms with Gasteiger partial charge in [-0.1, -0.05) is 44.2 Å². The van der Waals surface area contributed by atoms with E-state index in [9.17, 15) is 10.2 Å². The number of phenols is 1. The van der Waals surface area contributed by atoms with Crippen molar-refractivity contribution in [2.75, 3.05) is 6.61 Å². The number of benzene rings is 2. The lowest BCUT2D eigenvalue weighted by Gasteiger charge is -2.20. The van der Waals surface area contributed by atoms with Gasteiger partial charge < -0.3 is 10.2 Å². The molecular weight excluding hydrogens is 260 g/mol. The van der Waals surface area contributed by atoms with Crippen molar-refractivity contribution in [3.8, 4) is 5.75 Å². The van der Waals surface area contributed by atoms with Gasteiger partial charge in [0.15, 0.2) is 0 Å². The largest absolute Gasteiger partial charge is 0.508 e. The molecule has 0 fully saturated rings. The average molecular weight is 284 g/mol. The normalized spacial score (nSPS) is 12.7. The first-order valence-corrected chi connectivity index (χ1v) is 7.44. The Labute approximate surface area is 127 Å². The van der Waals surface area contributed by atoms with Crippen molar-refractivity contribution in [3.63, 3.8) is 0 Å². The van der Waals surface area contributed by atoms with E-state index in [0.29, 0.717) is 5.92 Å². The minimum Gasteiger partial charge on any atom is -0.508 e. The molecule has 2 aromatic carbocycles. The van der Waals surface area contributed by atoms with E-state index >= 15 is 0 Å². The lowest BCUT2D eigenvalue weighted by Crippen LogP contribution is -2.09. The van der Waals surface area contributed by atoms with E-state index in [1.807, 2.05) is 19.9 Å². The van der Waals surface area contributed by atoms with Gasteiger partial charge in [0.2, 0.25) is 0 Å². The van der Waals surface area contributed by atoms with Crippen LogP contribution >= 0.6 is 0 Å². The maximum atomic E-state index is 10.3. The van der Waals surface area contributed by atoms with Crippen LogP contribution in [0.3, 0.4) is 0 Å². The van der Waals surface area contributed by atoms with Crippen LogP contribution < -0.4 is 0 Å². The molecule has 0 amide bonds. The summed E-state index contributed by atoms with van der Waals surface area (Å²) in [4.78, 5) is 0. The Bertz CT molecular complexity index is 589. The molecule has 0 bridgehead atoms. The number of aliphatic hydroxyl groups excluding tert-OH is 1. The maximum Gasteiger partial charge on any atom is 0.120 e. The fourth-order valence-electron chi connectivity index (χ4n) is 2.89. The number of aliphatic hydroxyl groups is 1. The molecule has 0 aliphatic heterocycles. The summed E-state index contributed by atoms with van der Waals surface area (Å²) in [5, 5.41) is 20.1. The number of aryl methyl sites for hydroxylation is 2. The van der Waals surface area contributed by atoms with E-state index in [-0.39, 0.29) is 18.3 Å². The van der Waals surface area contributed by atoms with Crippen molar-refractivity contribution in [1.82, 2.24) is 0 Å². The number of hydrogen-bond acceptors (Lipinski definition) is 2. The van der Waals surface area contributed by atoms with Gasteiger partial charge in [-0.25, -0.2) is 0 Å². The van der Waals surface area contributed by atoms with Gasteiger partial charge >= 0.3 is 0 Å². The Balaban J connectivity index is 2.45. The molecule has 21 heavy (non-hydrogen) atoms. The van der Waals surface area contributed by atoms with E-state index in [0.717, 1.165) is 22.3 Å². The number of phenolic OH excluding ortho intramolecular Hbond substituents is 1. The third-order valence-electron chi connectivity index (χ3n) is 4.05. The van der Waals surface area contributed by atoms with Crippen molar-refractivity contribution >= 4 is 0 Å². The fourth-order valence-corrected chi connectivity index (χ4v) is 2.89.